The lowest BCUT2D eigenvalue weighted by Gasteiger charge is -2.26. The van der Waals surface area contributed by atoms with Gasteiger partial charge < -0.3 is 16.0 Å². The Kier molecular flexibility index (Phi) is 7.06. The molecule has 0 aliphatic carbocycles. The van der Waals surface area contributed by atoms with Crippen molar-refractivity contribution >= 4 is 16.9 Å². The molecule has 3 N–H and O–H groups in total. The number of hydrogen-bond acceptors (Lipinski definition) is 5. The van der Waals surface area contributed by atoms with E-state index >= 15 is 0 Å². The molecule has 0 saturated carbocycles. The van der Waals surface area contributed by atoms with Gasteiger partial charge in [0.25, 0.3) is 0 Å². The highest BCUT2D eigenvalue weighted by molar-refractivity contribution is 5.78. The van der Waals surface area contributed by atoms with E-state index in [1.54, 1.807) is 6.20 Å². The Morgan fingerprint density at radius 2 is 1.95 bits per heavy atom. The summed E-state index contributed by atoms with van der Waals surface area (Å²) in [6, 6.07) is 7.73. The van der Waals surface area contributed by atoms with Crippen LogP contribution < -0.4 is 11.1 Å². The van der Waals surface area contributed by atoms with Crippen LogP contribution in [0.25, 0.3) is 10.9 Å². The SMILES string of the molecule is CCCCCN1CCNCC1.Nc1ncc2ccccc2n1. The summed E-state index contributed by atoms with van der Waals surface area (Å²) in [7, 11) is 0. The number of fused-ring (bicyclic) bond motifs is 1. The molecule has 1 aromatic heterocycles. The molecule has 5 heteroatoms. The van der Waals surface area contributed by atoms with Crippen LogP contribution in [0, 0.1) is 0 Å². The molecular weight excluding hydrogens is 274 g/mol. The molecule has 0 spiro atoms. The fourth-order valence-corrected chi connectivity index (χ4v) is 2.51. The number of nitrogens with one attached hydrogen (secondary N) is 1. The van der Waals surface area contributed by atoms with E-state index in [9.17, 15) is 0 Å². The van der Waals surface area contributed by atoms with Gasteiger partial charge in [-0.1, -0.05) is 38.0 Å². The number of anilines is 1. The van der Waals surface area contributed by atoms with E-state index in [2.05, 4.69) is 27.1 Å². The second kappa shape index (κ2) is 9.33. The number of nitrogen functional groups attached to an aromatic ring is 1. The largest absolute Gasteiger partial charge is 0.368 e. The molecule has 22 heavy (non-hydrogen) atoms. The van der Waals surface area contributed by atoms with E-state index in [0.29, 0.717) is 5.95 Å². The van der Waals surface area contributed by atoms with Crippen molar-refractivity contribution in [3.63, 3.8) is 0 Å². The van der Waals surface area contributed by atoms with Gasteiger partial charge in [0.05, 0.1) is 5.52 Å². The number of nitrogens with two attached hydrogens (primary N) is 1. The van der Waals surface area contributed by atoms with E-state index in [1.165, 1.54) is 52.0 Å². The molecule has 0 atom stereocenters. The van der Waals surface area contributed by atoms with Crippen LogP contribution in [-0.4, -0.2) is 47.6 Å². The smallest absolute Gasteiger partial charge is 0.220 e. The Labute approximate surface area is 132 Å². The molecule has 1 aromatic carbocycles. The van der Waals surface area contributed by atoms with Gasteiger partial charge in [-0.2, -0.15) is 0 Å². The molecule has 1 fully saturated rings. The quantitative estimate of drug-likeness (QED) is 0.848. The first-order valence-electron chi connectivity index (χ1n) is 8.20. The zero-order valence-corrected chi connectivity index (χ0v) is 13.5. The number of aromatic nitrogens is 2. The highest BCUT2D eigenvalue weighted by atomic mass is 15.2. The Morgan fingerprint density at radius 1 is 1.18 bits per heavy atom. The van der Waals surface area contributed by atoms with Crippen molar-refractivity contribution in [1.82, 2.24) is 20.2 Å². The fourth-order valence-electron chi connectivity index (χ4n) is 2.51. The lowest BCUT2D eigenvalue weighted by Crippen LogP contribution is -2.43. The molecule has 1 aliphatic rings. The van der Waals surface area contributed by atoms with Crippen molar-refractivity contribution in [2.75, 3.05) is 38.5 Å². The molecular formula is C17H27N5. The maximum absolute atomic E-state index is 5.40. The van der Waals surface area contributed by atoms with Gasteiger partial charge in [0.15, 0.2) is 0 Å². The zero-order chi connectivity index (χ0) is 15.6. The lowest BCUT2D eigenvalue weighted by molar-refractivity contribution is 0.236. The van der Waals surface area contributed by atoms with E-state index in [1.807, 2.05) is 24.3 Å². The molecule has 0 bridgehead atoms. The number of hydrogen-bond donors (Lipinski definition) is 2. The molecule has 2 aromatic rings. The fraction of sp³-hybridized carbons (Fsp3) is 0.529. The highest BCUT2D eigenvalue weighted by Crippen LogP contribution is 2.09. The van der Waals surface area contributed by atoms with Crippen LogP contribution in [0.15, 0.2) is 30.5 Å². The van der Waals surface area contributed by atoms with Gasteiger partial charge in [0, 0.05) is 37.8 Å². The minimum Gasteiger partial charge on any atom is -0.368 e. The molecule has 5 nitrogen and oxygen atoms in total. The number of rotatable bonds is 4. The van der Waals surface area contributed by atoms with E-state index in [-0.39, 0.29) is 0 Å². The standard InChI is InChI=1S/C9H20N2.C8H7N3/c1-2-3-4-7-11-8-5-10-6-9-11;9-8-10-5-6-3-1-2-4-7(6)11-8/h10H,2-9H2,1H3;1-5H,(H2,9,10,11). The summed E-state index contributed by atoms with van der Waals surface area (Å²) in [5.41, 5.74) is 6.29. The topological polar surface area (TPSA) is 67.1 Å². The number of nitrogens with zero attached hydrogens (tertiary/aromatic N) is 3. The molecule has 1 saturated heterocycles. The van der Waals surface area contributed by atoms with Crippen molar-refractivity contribution in [3.8, 4) is 0 Å². The van der Waals surface area contributed by atoms with Gasteiger partial charge in [-0.15, -0.1) is 0 Å². The van der Waals surface area contributed by atoms with Crippen molar-refractivity contribution in [2.45, 2.75) is 26.2 Å². The van der Waals surface area contributed by atoms with Crippen molar-refractivity contribution in [2.24, 2.45) is 0 Å². The number of para-hydroxylation sites is 1. The summed E-state index contributed by atoms with van der Waals surface area (Å²) in [4.78, 5) is 10.5. The summed E-state index contributed by atoms with van der Waals surface area (Å²) in [5.74, 6) is 0.323. The Balaban J connectivity index is 0.000000160. The first-order valence-corrected chi connectivity index (χ1v) is 8.20. The first kappa shape index (κ1) is 16.6. The molecule has 0 unspecified atom stereocenters. The van der Waals surface area contributed by atoms with E-state index in [4.69, 9.17) is 5.73 Å². The van der Waals surface area contributed by atoms with Gasteiger partial charge in [0.2, 0.25) is 5.95 Å². The second-order valence-corrected chi connectivity index (χ2v) is 5.59. The van der Waals surface area contributed by atoms with Crippen LogP contribution >= 0.6 is 0 Å². The summed E-state index contributed by atoms with van der Waals surface area (Å²) >= 11 is 0. The van der Waals surface area contributed by atoms with Crippen LogP contribution in [0.5, 0.6) is 0 Å². The number of benzene rings is 1. The minimum atomic E-state index is 0.323. The van der Waals surface area contributed by atoms with Crippen molar-refractivity contribution in [1.29, 1.82) is 0 Å². The Hall–Kier alpha value is -1.72. The third-order valence-corrected chi connectivity index (χ3v) is 3.80. The van der Waals surface area contributed by atoms with E-state index < -0.39 is 0 Å². The van der Waals surface area contributed by atoms with Gasteiger partial charge >= 0.3 is 0 Å². The number of piperazine rings is 1. The predicted molar refractivity (Wildman–Crippen MR) is 92.8 cm³/mol. The van der Waals surface area contributed by atoms with Gasteiger partial charge in [-0.25, -0.2) is 9.97 Å². The summed E-state index contributed by atoms with van der Waals surface area (Å²) in [6.07, 6.45) is 5.84. The molecule has 3 rings (SSSR count). The third-order valence-electron chi connectivity index (χ3n) is 3.80. The van der Waals surface area contributed by atoms with Crippen molar-refractivity contribution < 1.29 is 0 Å². The number of unbranched alkanes of at least 4 members (excludes halogenated alkanes) is 2. The monoisotopic (exact) mass is 301 g/mol. The van der Waals surface area contributed by atoms with Gasteiger partial charge in [-0.05, 0) is 19.0 Å². The lowest BCUT2D eigenvalue weighted by atomic mass is 10.2. The van der Waals surface area contributed by atoms with Crippen LogP contribution in [0.4, 0.5) is 5.95 Å². The van der Waals surface area contributed by atoms with Crippen LogP contribution in [0.1, 0.15) is 26.2 Å². The maximum atomic E-state index is 5.40. The van der Waals surface area contributed by atoms with Crippen LogP contribution in [-0.2, 0) is 0 Å². The predicted octanol–water partition coefficient (Wildman–Crippen LogP) is 2.29. The van der Waals surface area contributed by atoms with Gasteiger partial charge in [-0.3, -0.25) is 0 Å². The first-order chi connectivity index (χ1) is 10.8. The minimum absolute atomic E-state index is 0.323. The molecule has 2 heterocycles. The Morgan fingerprint density at radius 3 is 2.73 bits per heavy atom. The summed E-state index contributed by atoms with van der Waals surface area (Å²) < 4.78 is 0. The average molecular weight is 301 g/mol. The van der Waals surface area contributed by atoms with Gasteiger partial charge in [0.1, 0.15) is 0 Å². The van der Waals surface area contributed by atoms with Crippen LogP contribution in [0.3, 0.4) is 0 Å². The summed E-state index contributed by atoms with van der Waals surface area (Å²) in [5, 5.41) is 4.38. The Bertz CT molecular complexity index is 551. The molecule has 0 radical (unpaired) electrons. The highest BCUT2D eigenvalue weighted by Gasteiger charge is 2.07. The second-order valence-electron chi connectivity index (χ2n) is 5.59. The maximum Gasteiger partial charge on any atom is 0.220 e. The van der Waals surface area contributed by atoms with Crippen molar-refractivity contribution in [3.05, 3.63) is 30.5 Å². The van der Waals surface area contributed by atoms with Crippen LogP contribution in [0.2, 0.25) is 0 Å². The third kappa shape index (κ3) is 5.58. The average Bonchev–Trinajstić information content (AvgIpc) is 2.57. The molecule has 0 amide bonds. The molecule has 120 valence electrons. The molecule has 1 aliphatic heterocycles. The summed E-state index contributed by atoms with van der Waals surface area (Å²) in [6.45, 7) is 8.46. The zero-order valence-electron chi connectivity index (χ0n) is 13.5. The van der Waals surface area contributed by atoms with E-state index in [0.717, 1.165) is 10.9 Å². The normalized spacial score (nSPS) is 15.3.